The monoisotopic (exact) mass is 247 g/mol. The van der Waals surface area contributed by atoms with E-state index in [1.165, 1.54) is 11.6 Å². The van der Waals surface area contributed by atoms with E-state index in [1.54, 1.807) is 6.07 Å². The molecule has 1 aliphatic rings. The summed E-state index contributed by atoms with van der Waals surface area (Å²) in [4.78, 5) is 5.75. The highest BCUT2D eigenvalue weighted by Crippen LogP contribution is 2.24. The van der Waals surface area contributed by atoms with Crippen LogP contribution >= 0.6 is 0 Å². The van der Waals surface area contributed by atoms with E-state index in [1.807, 2.05) is 6.07 Å². The molecule has 0 unspecified atom stereocenters. The number of nitrogens with zero attached hydrogens (tertiary/aromatic N) is 1. The number of aromatic amines is 1. The molecule has 1 aliphatic heterocycles. The van der Waals surface area contributed by atoms with Crippen molar-refractivity contribution in [1.82, 2.24) is 15.2 Å². The van der Waals surface area contributed by atoms with Crippen LogP contribution in [-0.4, -0.2) is 36.1 Å². The van der Waals surface area contributed by atoms with Crippen LogP contribution in [0, 0.1) is 12.7 Å². The Kier molecular flexibility index (Phi) is 3.06. The lowest BCUT2D eigenvalue weighted by atomic mass is 10.1. The number of halogens is 1. The maximum absolute atomic E-state index is 13.4. The molecule has 18 heavy (non-hydrogen) atoms. The highest BCUT2D eigenvalue weighted by molar-refractivity contribution is 5.84. The molecule has 96 valence electrons. The fourth-order valence-electron chi connectivity index (χ4n) is 2.65. The summed E-state index contributed by atoms with van der Waals surface area (Å²) in [6, 6.07) is 4.96. The Morgan fingerprint density at radius 3 is 2.83 bits per heavy atom. The Bertz CT molecular complexity index is 555. The summed E-state index contributed by atoms with van der Waals surface area (Å²) < 4.78 is 13.4. The average Bonchev–Trinajstić information content (AvgIpc) is 2.67. The molecule has 2 N–H and O–H groups in total. The minimum absolute atomic E-state index is 0.164. The number of H-pyrrole nitrogens is 1. The third-order valence-electron chi connectivity index (χ3n) is 3.67. The maximum atomic E-state index is 13.4. The first kappa shape index (κ1) is 11.7. The van der Waals surface area contributed by atoms with Gasteiger partial charge in [0.25, 0.3) is 0 Å². The van der Waals surface area contributed by atoms with Crippen LogP contribution in [0.25, 0.3) is 10.9 Å². The number of hydrogen-bond donors (Lipinski definition) is 2. The lowest BCUT2D eigenvalue weighted by molar-refractivity contribution is 0.233. The van der Waals surface area contributed by atoms with Crippen LogP contribution in [-0.2, 0) is 6.54 Å². The molecular formula is C14H18FN3. The first-order valence-electron chi connectivity index (χ1n) is 6.44. The topological polar surface area (TPSA) is 31.1 Å². The van der Waals surface area contributed by atoms with Crippen LogP contribution in [0.5, 0.6) is 0 Å². The highest BCUT2D eigenvalue weighted by Gasteiger charge is 2.15. The van der Waals surface area contributed by atoms with Gasteiger partial charge in [0.05, 0.1) is 0 Å². The van der Waals surface area contributed by atoms with Gasteiger partial charge in [-0.05, 0) is 30.7 Å². The highest BCUT2D eigenvalue weighted by atomic mass is 19.1. The number of piperazine rings is 1. The van der Waals surface area contributed by atoms with Crippen LogP contribution in [0.4, 0.5) is 4.39 Å². The molecule has 4 heteroatoms. The van der Waals surface area contributed by atoms with E-state index >= 15 is 0 Å². The molecule has 1 aromatic heterocycles. The number of fused-ring (bicyclic) bond motifs is 1. The SMILES string of the molecule is Cc1[nH]c2ccc(F)cc2c1CN1CCNCC1. The molecule has 0 radical (unpaired) electrons. The van der Waals surface area contributed by atoms with E-state index in [-0.39, 0.29) is 5.82 Å². The zero-order chi connectivity index (χ0) is 12.5. The van der Waals surface area contributed by atoms with Gasteiger partial charge in [-0.1, -0.05) is 0 Å². The van der Waals surface area contributed by atoms with E-state index < -0.39 is 0 Å². The Morgan fingerprint density at radius 1 is 1.28 bits per heavy atom. The second kappa shape index (κ2) is 4.71. The Labute approximate surface area is 106 Å². The van der Waals surface area contributed by atoms with E-state index in [4.69, 9.17) is 0 Å². The number of nitrogens with one attached hydrogen (secondary N) is 2. The zero-order valence-electron chi connectivity index (χ0n) is 10.6. The van der Waals surface area contributed by atoms with Crippen molar-refractivity contribution >= 4 is 10.9 Å². The second-order valence-electron chi connectivity index (χ2n) is 4.94. The lowest BCUT2D eigenvalue weighted by Gasteiger charge is -2.27. The fourth-order valence-corrected chi connectivity index (χ4v) is 2.65. The molecule has 0 amide bonds. The van der Waals surface area contributed by atoms with E-state index in [2.05, 4.69) is 22.1 Å². The summed E-state index contributed by atoms with van der Waals surface area (Å²) >= 11 is 0. The Balaban J connectivity index is 1.94. The number of aryl methyl sites for hydroxylation is 1. The van der Waals surface area contributed by atoms with Crippen LogP contribution in [0.2, 0.25) is 0 Å². The van der Waals surface area contributed by atoms with Crippen LogP contribution in [0.3, 0.4) is 0 Å². The van der Waals surface area contributed by atoms with Crippen molar-refractivity contribution < 1.29 is 4.39 Å². The van der Waals surface area contributed by atoms with Crippen molar-refractivity contribution in [2.24, 2.45) is 0 Å². The molecule has 0 bridgehead atoms. The van der Waals surface area contributed by atoms with Gasteiger partial charge in [-0.2, -0.15) is 0 Å². The Hall–Kier alpha value is -1.39. The molecule has 2 heterocycles. The molecular weight excluding hydrogens is 229 g/mol. The minimum Gasteiger partial charge on any atom is -0.358 e. The normalized spacial score (nSPS) is 17.4. The predicted octanol–water partition coefficient (Wildman–Crippen LogP) is 2.02. The van der Waals surface area contributed by atoms with Gasteiger partial charge in [-0.3, -0.25) is 4.90 Å². The predicted molar refractivity (Wildman–Crippen MR) is 71.1 cm³/mol. The fraction of sp³-hybridized carbons (Fsp3) is 0.429. The van der Waals surface area contributed by atoms with Crippen LogP contribution in [0.1, 0.15) is 11.3 Å². The number of rotatable bonds is 2. The van der Waals surface area contributed by atoms with Crippen molar-refractivity contribution in [3.05, 3.63) is 35.3 Å². The molecule has 2 aromatic rings. The first-order valence-corrected chi connectivity index (χ1v) is 6.44. The summed E-state index contributed by atoms with van der Waals surface area (Å²) in [5.74, 6) is -0.164. The molecule has 0 spiro atoms. The summed E-state index contributed by atoms with van der Waals surface area (Å²) in [6.07, 6.45) is 0. The standard InChI is InChI=1S/C14H18FN3/c1-10-13(9-18-6-4-16-5-7-18)12-8-11(15)2-3-14(12)17-10/h2-3,8,16-17H,4-7,9H2,1H3. The third-order valence-corrected chi connectivity index (χ3v) is 3.67. The summed E-state index contributed by atoms with van der Waals surface area (Å²) in [7, 11) is 0. The molecule has 1 saturated heterocycles. The molecule has 3 nitrogen and oxygen atoms in total. The maximum Gasteiger partial charge on any atom is 0.123 e. The molecule has 1 fully saturated rings. The van der Waals surface area contributed by atoms with Crippen molar-refractivity contribution in [3.8, 4) is 0 Å². The summed E-state index contributed by atoms with van der Waals surface area (Å²) in [5.41, 5.74) is 3.40. The minimum atomic E-state index is -0.164. The van der Waals surface area contributed by atoms with Gasteiger partial charge in [0.15, 0.2) is 0 Å². The molecule has 3 rings (SSSR count). The smallest absolute Gasteiger partial charge is 0.123 e. The van der Waals surface area contributed by atoms with Gasteiger partial charge >= 0.3 is 0 Å². The van der Waals surface area contributed by atoms with E-state index in [9.17, 15) is 4.39 Å². The third kappa shape index (κ3) is 2.13. The summed E-state index contributed by atoms with van der Waals surface area (Å²) in [5, 5.41) is 4.37. The van der Waals surface area contributed by atoms with Gasteiger partial charge < -0.3 is 10.3 Å². The quantitative estimate of drug-likeness (QED) is 0.850. The summed E-state index contributed by atoms with van der Waals surface area (Å²) in [6.45, 7) is 7.15. The van der Waals surface area contributed by atoms with Crippen molar-refractivity contribution in [2.75, 3.05) is 26.2 Å². The number of benzene rings is 1. The molecule has 0 atom stereocenters. The van der Waals surface area contributed by atoms with Gasteiger partial charge in [0, 0.05) is 49.3 Å². The van der Waals surface area contributed by atoms with E-state index in [0.29, 0.717) is 0 Å². The van der Waals surface area contributed by atoms with Crippen LogP contribution in [0.15, 0.2) is 18.2 Å². The largest absolute Gasteiger partial charge is 0.358 e. The van der Waals surface area contributed by atoms with Crippen molar-refractivity contribution in [3.63, 3.8) is 0 Å². The zero-order valence-corrected chi connectivity index (χ0v) is 10.6. The molecule has 1 aromatic carbocycles. The second-order valence-corrected chi connectivity index (χ2v) is 4.94. The van der Waals surface area contributed by atoms with Gasteiger partial charge in [-0.25, -0.2) is 4.39 Å². The number of hydrogen-bond acceptors (Lipinski definition) is 2. The molecule has 0 saturated carbocycles. The van der Waals surface area contributed by atoms with Crippen LogP contribution < -0.4 is 5.32 Å². The Morgan fingerprint density at radius 2 is 2.06 bits per heavy atom. The first-order chi connectivity index (χ1) is 8.74. The van der Waals surface area contributed by atoms with Crippen molar-refractivity contribution in [2.45, 2.75) is 13.5 Å². The lowest BCUT2D eigenvalue weighted by Crippen LogP contribution is -2.42. The van der Waals surface area contributed by atoms with Gasteiger partial charge in [0.2, 0.25) is 0 Å². The van der Waals surface area contributed by atoms with E-state index in [0.717, 1.165) is 49.3 Å². The van der Waals surface area contributed by atoms with Gasteiger partial charge in [0.1, 0.15) is 5.82 Å². The van der Waals surface area contributed by atoms with Gasteiger partial charge in [-0.15, -0.1) is 0 Å². The number of aromatic nitrogens is 1. The average molecular weight is 247 g/mol. The molecule has 0 aliphatic carbocycles. The van der Waals surface area contributed by atoms with Crippen molar-refractivity contribution in [1.29, 1.82) is 0 Å².